The van der Waals surface area contributed by atoms with Crippen LogP contribution in [0.4, 0.5) is 5.95 Å². The first-order valence-corrected chi connectivity index (χ1v) is 13.6. The Bertz CT molecular complexity index is 1720. The van der Waals surface area contributed by atoms with Gasteiger partial charge in [-0.3, -0.25) is 4.79 Å². The summed E-state index contributed by atoms with van der Waals surface area (Å²) >= 11 is 12.9. The second kappa shape index (κ2) is 9.36. The van der Waals surface area contributed by atoms with Crippen molar-refractivity contribution in [2.75, 3.05) is 18.0 Å². The predicted octanol–water partition coefficient (Wildman–Crippen LogP) is 6.18. The fraction of sp³-hybridized carbons (Fsp3) is 0.200. The molecule has 39 heavy (non-hydrogen) atoms. The molecule has 9 heteroatoms. The lowest BCUT2D eigenvalue weighted by Crippen LogP contribution is -2.49. The van der Waals surface area contributed by atoms with Gasteiger partial charge in [0.05, 0.1) is 22.7 Å². The van der Waals surface area contributed by atoms with Crippen molar-refractivity contribution in [1.82, 2.24) is 24.5 Å². The van der Waals surface area contributed by atoms with Crippen LogP contribution in [0.25, 0.3) is 28.0 Å². The third-order valence-electron chi connectivity index (χ3n) is 7.62. The van der Waals surface area contributed by atoms with E-state index < -0.39 is 0 Å². The van der Waals surface area contributed by atoms with Crippen LogP contribution >= 0.6 is 23.2 Å². The molecule has 7 rings (SSSR count). The Balaban J connectivity index is 1.33. The largest absolute Gasteiger partial charge is 0.334 e. The zero-order chi connectivity index (χ0) is 26.7. The second-order valence-electron chi connectivity index (χ2n) is 10.0. The average Bonchev–Trinajstić information content (AvgIpc) is 3.66. The number of carbonyl (C=O) groups is 1. The summed E-state index contributed by atoms with van der Waals surface area (Å²) in [5.74, 6) is 1.46. The third kappa shape index (κ3) is 4.04. The van der Waals surface area contributed by atoms with Crippen LogP contribution in [0.15, 0.2) is 78.9 Å². The maximum Gasteiger partial charge on any atom is 0.254 e. The zero-order valence-corrected chi connectivity index (χ0v) is 22.6. The van der Waals surface area contributed by atoms with Crippen LogP contribution in [0, 0.1) is 6.92 Å². The molecule has 2 atom stereocenters. The number of aromatic nitrogens is 4. The Labute approximate surface area is 235 Å². The lowest BCUT2D eigenvalue weighted by molar-refractivity contribution is 0.0725. The highest BCUT2D eigenvalue weighted by Gasteiger charge is 2.47. The van der Waals surface area contributed by atoms with E-state index in [9.17, 15) is 4.79 Å². The van der Waals surface area contributed by atoms with Crippen molar-refractivity contribution >= 4 is 40.7 Å². The number of amides is 1. The van der Waals surface area contributed by atoms with Gasteiger partial charge in [0, 0.05) is 29.2 Å². The molecule has 0 saturated carbocycles. The fourth-order valence-electron chi connectivity index (χ4n) is 5.84. The second-order valence-corrected chi connectivity index (χ2v) is 10.9. The van der Waals surface area contributed by atoms with Gasteiger partial charge in [-0.15, -0.1) is 0 Å². The van der Waals surface area contributed by atoms with Crippen LogP contribution in [0.2, 0.25) is 10.0 Å². The van der Waals surface area contributed by atoms with E-state index in [-0.39, 0.29) is 18.0 Å². The molecule has 0 unspecified atom stereocenters. The highest BCUT2D eigenvalue weighted by molar-refractivity contribution is 6.33. The summed E-state index contributed by atoms with van der Waals surface area (Å²) in [4.78, 5) is 27.2. The number of likely N-dealkylation sites (tertiary alicyclic amines) is 1. The quantitative estimate of drug-likeness (QED) is 0.265. The van der Waals surface area contributed by atoms with Crippen molar-refractivity contribution in [2.45, 2.75) is 25.4 Å². The van der Waals surface area contributed by atoms with Gasteiger partial charge in [0.1, 0.15) is 11.5 Å². The molecule has 194 valence electrons. The van der Waals surface area contributed by atoms with E-state index in [0.29, 0.717) is 34.6 Å². The number of fused-ring (bicyclic) bond motifs is 3. The summed E-state index contributed by atoms with van der Waals surface area (Å²) in [6.45, 7) is 3.23. The number of hydrogen-bond acceptors (Lipinski definition) is 5. The Morgan fingerprint density at radius 2 is 1.62 bits per heavy atom. The third-order valence-corrected chi connectivity index (χ3v) is 8.20. The molecule has 0 spiro atoms. The van der Waals surface area contributed by atoms with Gasteiger partial charge in [-0.1, -0.05) is 71.7 Å². The van der Waals surface area contributed by atoms with Crippen molar-refractivity contribution in [3.05, 3.63) is 100 Å². The minimum atomic E-state index is 0.0804. The van der Waals surface area contributed by atoms with Crippen LogP contribution in [0.3, 0.4) is 0 Å². The van der Waals surface area contributed by atoms with Gasteiger partial charge in [-0.25, -0.2) is 4.98 Å². The highest BCUT2D eigenvalue weighted by atomic mass is 35.5. The van der Waals surface area contributed by atoms with E-state index in [1.807, 2.05) is 95.2 Å². The fourth-order valence-corrected chi connectivity index (χ4v) is 6.19. The number of anilines is 1. The van der Waals surface area contributed by atoms with E-state index in [1.165, 1.54) is 0 Å². The van der Waals surface area contributed by atoms with E-state index in [2.05, 4.69) is 4.90 Å². The van der Waals surface area contributed by atoms with Crippen LogP contribution in [0.5, 0.6) is 0 Å². The molecule has 0 N–H and O–H groups in total. The first kappa shape index (κ1) is 24.1. The molecule has 1 amide bonds. The summed E-state index contributed by atoms with van der Waals surface area (Å²) in [6, 6.07) is 25.1. The zero-order valence-electron chi connectivity index (χ0n) is 21.1. The minimum absolute atomic E-state index is 0.0804. The summed E-state index contributed by atoms with van der Waals surface area (Å²) in [6.07, 6.45) is 0.895. The number of benzene rings is 3. The van der Waals surface area contributed by atoms with Gasteiger partial charge < -0.3 is 9.80 Å². The van der Waals surface area contributed by atoms with E-state index in [4.69, 9.17) is 38.3 Å². The SMILES string of the molecule is Cc1nc(N2C[C@@H]3C[C@H]2CN3C(=O)c2ccccc2)n2nc(-c3ccccc3Cl)c(-c3ccc(Cl)cc3)c2n1. The van der Waals surface area contributed by atoms with Gasteiger partial charge in [-0.2, -0.15) is 14.6 Å². The molecular formula is C30H24Cl2N6O. The standard InChI is InChI=1S/C30H24Cl2N6O/c1-18-33-28-26(19-11-13-21(31)14-12-19)27(24-9-5-6-10-25(24)32)35-38(28)30(34-18)37-17-22-15-23(37)16-36(22)29(39)20-7-3-2-4-8-20/h2-14,22-23H,15-17H2,1H3/t22-,23-/m0/s1. The molecule has 3 aromatic carbocycles. The van der Waals surface area contributed by atoms with Crippen molar-refractivity contribution in [3.63, 3.8) is 0 Å². The minimum Gasteiger partial charge on any atom is -0.334 e. The summed E-state index contributed by atoms with van der Waals surface area (Å²) in [5, 5.41) is 6.33. The average molecular weight is 555 g/mol. The maximum atomic E-state index is 13.2. The topological polar surface area (TPSA) is 66.6 Å². The summed E-state index contributed by atoms with van der Waals surface area (Å²) in [7, 11) is 0. The normalized spacial score (nSPS) is 18.3. The molecule has 7 nitrogen and oxygen atoms in total. The smallest absolute Gasteiger partial charge is 0.254 e. The molecule has 0 aliphatic carbocycles. The number of rotatable bonds is 4. The van der Waals surface area contributed by atoms with Crippen LogP contribution in [-0.4, -0.2) is 55.6 Å². The first-order valence-electron chi connectivity index (χ1n) is 12.9. The molecule has 4 heterocycles. The predicted molar refractivity (Wildman–Crippen MR) is 153 cm³/mol. The Morgan fingerprint density at radius 3 is 2.33 bits per heavy atom. The van der Waals surface area contributed by atoms with Crippen molar-refractivity contribution < 1.29 is 4.79 Å². The van der Waals surface area contributed by atoms with Gasteiger partial charge in [-0.05, 0) is 49.2 Å². The maximum absolute atomic E-state index is 13.2. The van der Waals surface area contributed by atoms with Crippen molar-refractivity contribution in [1.29, 1.82) is 0 Å². The number of aryl methyl sites for hydroxylation is 1. The molecule has 2 saturated heterocycles. The molecule has 2 bridgehead atoms. The molecule has 5 aromatic rings. The Hall–Kier alpha value is -3.94. The molecule has 2 aromatic heterocycles. The van der Waals surface area contributed by atoms with E-state index >= 15 is 0 Å². The number of piperazine rings is 1. The number of nitrogens with zero attached hydrogens (tertiary/aromatic N) is 6. The number of halogens is 2. The van der Waals surface area contributed by atoms with Crippen molar-refractivity contribution in [2.24, 2.45) is 0 Å². The molecule has 0 radical (unpaired) electrons. The molecule has 2 aliphatic rings. The first-order chi connectivity index (χ1) is 19.0. The van der Waals surface area contributed by atoms with Crippen LogP contribution in [-0.2, 0) is 0 Å². The molecule has 2 fully saturated rings. The van der Waals surface area contributed by atoms with Gasteiger partial charge in [0.2, 0.25) is 5.95 Å². The summed E-state index contributed by atoms with van der Waals surface area (Å²) < 4.78 is 1.83. The Kier molecular flexibility index (Phi) is 5.79. The van der Waals surface area contributed by atoms with E-state index in [0.717, 1.165) is 40.3 Å². The van der Waals surface area contributed by atoms with Gasteiger partial charge in [0.25, 0.3) is 5.91 Å². The monoisotopic (exact) mass is 554 g/mol. The number of carbonyl (C=O) groups excluding carboxylic acids is 1. The lowest BCUT2D eigenvalue weighted by atomic mass is 10.0. The molecule has 2 aliphatic heterocycles. The summed E-state index contributed by atoms with van der Waals surface area (Å²) in [5.41, 5.74) is 4.79. The number of hydrogen-bond donors (Lipinski definition) is 0. The Morgan fingerprint density at radius 1 is 0.872 bits per heavy atom. The van der Waals surface area contributed by atoms with Crippen LogP contribution in [0.1, 0.15) is 22.6 Å². The van der Waals surface area contributed by atoms with Gasteiger partial charge in [0.15, 0.2) is 5.65 Å². The van der Waals surface area contributed by atoms with E-state index in [1.54, 1.807) is 0 Å². The van der Waals surface area contributed by atoms with Gasteiger partial charge >= 0.3 is 0 Å². The van der Waals surface area contributed by atoms with Crippen LogP contribution < -0.4 is 4.90 Å². The lowest BCUT2D eigenvalue weighted by Gasteiger charge is -2.34. The molecular weight excluding hydrogens is 531 g/mol. The van der Waals surface area contributed by atoms with Crippen molar-refractivity contribution in [3.8, 4) is 22.4 Å². The highest BCUT2D eigenvalue weighted by Crippen LogP contribution is 2.40.